The Morgan fingerprint density at radius 1 is 0.477 bits per heavy atom. The van der Waals surface area contributed by atoms with Crippen LogP contribution >= 0.6 is 7.14 Å². The standard InChI is InChI=1S/C42H31OP/c43-44(32-16-3-1-4-17-32,33-18-5-2-6-19-33)34-28-26-31(27-29-34)41-37-21-9-11-23-39(37)42(40-24-12-10-22-38(40)41)36-25-13-15-30-14-7-8-20-35(30)36/h1-5,7-18,20-29H,6,19H2. The summed E-state index contributed by atoms with van der Waals surface area (Å²) in [6.07, 6.45) is 8.01. The van der Waals surface area contributed by atoms with E-state index in [9.17, 15) is 0 Å². The minimum Gasteiger partial charge on any atom is -0.309 e. The van der Waals surface area contributed by atoms with Crippen molar-refractivity contribution in [2.75, 3.05) is 0 Å². The molecule has 0 fully saturated rings. The molecule has 7 aromatic carbocycles. The van der Waals surface area contributed by atoms with Crippen molar-refractivity contribution in [3.05, 3.63) is 169 Å². The second kappa shape index (κ2) is 10.9. The van der Waals surface area contributed by atoms with E-state index in [1.807, 2.05) is 30.3 Å². The van der Waals surface area contributed by atoms with Gasteiger partial charge in [-0.05, 0) is 72.7 Å². The van der Waals surface area contributed by atoms with Crippen molar-refractivity contribution in [1.29, 1.82) is 0 Å². The number of benzene rings is 7. The molecule has 0 radical (unpaired) electrons. The molecule has 0 bridgehead atoms. The van der Waals surface area contributed by atoms with Crippen molar-refractivity contribution in [3.63, 3.8) is 0 Å². The zero-order chi connectivity index (χ0) is 29.5. The van der Waals surface area contributed by atoms with Crippen LogP contribution in [-0.2, 0) is 4.57 Å². The first kappa shape index (κ1) is 26.6. The van der Waals surface area contributed by atoms with Gasteiger partial charge in [0.1, 0.15) is 0 Å². The fourth-order valence-corrected chi connectivity index (χ4v) is 9.84. The van der Waals surface area contributed by atoms with Gasteiger partial charge < -0.3 is 4.57 Å². The highest BCUT2D eigenvalue weighted by molar-refractivity contribution is 7.82. The summed E-state index contributed by atoms with van der Waals surface area (Å²) in [5.74, 6) is 0. The van der Waals surface area contributed by atoms with Gasteiger partial charge >= 0.3 is 0 Å². The molecule has 0 aromatic heterocycles. The Hall–Kier alpha value is -4.97. The first-order valence-corrected chi connectivity index (χ1v) is 17.0. The van der Waals surface area contributed by atoms with Gasteiger partial charge in [0.2, 0.25) is 0 Å². The van der Waals surface area contributed by atoms with Crippen molar-refractivity contribution in [2.45, 2.75) is 12.8 Å². The third kappa shape index (κ3) is 4.28. The van der Waals surface area contributed by atoms with E-state index in [2.05, 4.69) is 133 Å². The summed E-state index contributed by atoms with van der Waals surface area (Å²) in [5.41, 5.74) is 4.85. The van der Waals surface area contributed by atoms with Crippen LogP contribution in [0.2, 0.25) is 0 Å². The second-order valence-electron chi connectivity index (χ2n) is 11.5. The van der Waals surface area contributed by atoms with E-state index in [4.69, 9.17) is 0 Å². The highest BCUT2D eigenvalue weighted by Crippen LogP contribution is 2.54. The average Bonchev–Trinajstić information content (AvgIpc) is 3.11. The third-order valence-corrected chi connectivity index (χ3v) is 12.3. The van der Waals surface area contributed by atoms with Crippen LogP contribution in [0.15, 0.2) is 169 Å². The Morgan fingerprint density at radius 2 is 1.02 bits per heavy atom. The molecule has 0 spiro atoms. The van der Waals surface area contributed by atoms with Crippen LogP contribution in [0.1, 0.15) is 12.8 Å². The SMILES string of the molecule is O=P(C1=CC=CCC1)(c1ccccc1)c1ccc(-c2c3ccccc3c(-c3cccc4ccccc34)c3ccccc23)cc1. The molecule has 8 rings (SSSR count). The molecule has 2 heteroatoms. The van der Waals surface area contributed by atoms with Gasteiger partial charge in [-0.15, -0.1) is 0 Å². The minimum atomic E-state index is -2.97. The summed E-state index contributed by atoms with van der Waals surface area (Å²) in [4.78, 5) is 0. The van der Waals surface area contributed by atoms with Gasteiger partial charge in [-0.25, -0.2) is 0 Å². The van der Waals surface area contributed by atoms with Gasteiger partial charge in [0.15, 0.2) is 7.14 Å². The summed E-state index contributed by atoms with van der Waals surface area (Å²) in [7, 11) is -2.97. The molecule has 0 saturated carbocycles. The lowest BCUT2D eigenvalue weighted by atomic mass is 9.85. The van der Waals surface area contributed by atoms with E-state index in [0.717, 1.165) is 34.3 Å². The van der Waals surface area contributed by atoms with Gasteiger partial charge in [-0.1, -0.05) is 164 Å². The summed E-state index contributed by atoms with van der Waals surface area (Å²) < 4.78 is 15.1. The van der Waals surface area contributed by atoms with Crippen LogP contribution in [0.3, 0.4) is 0 Å². The van der Waals surface area contributed by atoms with Crippen molar-refractivity contribution in [3.8, 4) is 22.3 Å². The van der Waals surface area contributed by atoms with Gasteiger partial charge in [-0.2, -0.15) is 0 Å². The molecule has 1 aliphatic rings. The van der Waals surface area contributed by atoms with E-state index >= 15 is 4.57 Å². The zero-order valence-electron chi connectivity index (χ0n) is 24.4. The number of fused-ring (bicyclic) bond motifs is 3. The molecule has 1 atom stereocenters. The van der Waals surface area contributed by atoms with Crippen LogP contribution in [0, 0.1) is 0 Å². The monoisotopic (exact) mass is 582 g/mol. The molecular formula is C42H31OP. The maximum absolute atomic E-state index is 15.1. The van der Waals surface area contributed by atoms with Crippen LogP contribution in [0.4, 0.5) is 0 Å². The molecule has 0 N–H and O–H groups in total. The molecule has 0 heterocycles. The molecule has 44 heavy (non-hydrogen) atoms. The van der Waals surface area contributed by atoms with Gasteiger partial charge in [0.05, 0.1) is 0 Å². The van der Waals surface area contributed by atoms with Crippen molar-refractivity contribution >= 4 is 50.1 Å². The van der Waals surface area contributed by atoms with Crippen LogP contribution in [-0.4, -0.2) is 0 Å². The molecule has 0 amide bonds. The van der Waals surface area contributed by atoms with E-state index in [1.165, 1.54) is 49.0 Å². The Labute approximate surface area is 258 Å². The molecule has 7 aromatic rings. The summed E-state index contributed by atoms with van der Waals surface area (Å²) in [6, 6.07) is 51.3. The van der Waals surface area contributed by atoms with Gasteiger partial charge in [0, 0.05) is 10.6 Å². The van der Waals surface area contributed by atoms with Crippen LogP contribution in [0.25, 0.3) is 54.6 Å². The summed E-state index contributed by atoms with van der Waals surface area (Å²) in [6.45, 7) is 0. The number of hydrogen-bond donors (Lipinski definition) is 0. The van der Waals surface area contributed by atoms with Crippen molar-refractivity contribution < 1.29 is 4.57 Å². The Balaban J connectivity index is 1.36. The molecule has 1 nitrogen and oxygen atoms in total. The highest BCUT2D eigenvalue weighted by atomic mass is 31.2. The molecule has 210 valence electrons. The molecule has 1 aliphatic carbocycles. The normalized spacial score (nSPS) is 14.5. The Morgan fingerprint density at radius 3 is 1.66 bits per heavy atom. The van der Waals surface area contributed by atoms with Crippen molar-refractivity contribution in [1.82, 2.24) is 0 Å². The summed E-state index contributed by atoms with van der Waals surface area (Å²) in [5, 5.41) is 10.2. The lowest BCUT2D eigenvalue weighted by molar-refractivity contribution is 0.589. The number of allylic oxidation sites excluding steroid dienone is 4. The summed E-state index contributed by atoms with van der Waals surface area (Å²) >= 11 is 0. The fraction of sp³-hybridized carbons (Fsp3) is 0.0476. The minimum absolute atomic E-state index is 0.815. The van der Waals surface area contributed by atoms with Gasteiger partial charge in [-0.3, -0.25) is 0 Å². The van der Waals surface area contributed by atoms with Crippen LogP contribution < -0.4 is 10.6 Å². The van der Waals surface area contributed by atoms with Crippen LogP contribution in [0.5, 0.6) is 0 Å². The molecule has 0 aliphatic heterocycles. The first-order chi connectivity index (χ1) is 21.7. The lowest BCUT2D eigenvalue weighted by Gasteiger charge is -2.24. The molecule has 1 unspecified atom stereocenters. The number of rotatable bonds is 5. The van der Waals surface area contributed by atoms with Gasteiger partial charge in [0.25, 0.3) is 0 Å². The average molecular weight is 583 g/mol. The number of hydrogen-bond acceptors (Lipinski definition) is 1. The maximum Gasteiger partial charge on any atom is 0.167 e. The topological polar surface area (TPSA) is 17.1 Å². The van der Waals surface area contributed by atoms with E-state index in [-0.39, 0.29) is 0 Å². The second-order valence-corrected chi connectivity index (χ2v) is 14.3. The predicted molar refractivity (Wildman–Crippen MR) is 190 cm³/mol. The Bertz CT molecular complexity index is 2230. The van der Waals surface area contributed by atoms with E-state index in [1.54, 1.807) is 0 Å². The largest absolute Gasteiger partial charge is 0.309 e. The Kier molecular flexibility index (Phi) is 6.63. The smallest absolute Gasteiger partial charge is 0.167 e. The van der Waals surface area contributed by atoms with Crippen molar-refractivity contribution in [2.24, 2.45) is 0 Å². The maximum atomic E-state index is 15.1. The lowest BCUT2D eigenvalue weighted by Crippen LogP contribution is -2.18. The third-order valence-electron chi connectivity index (χ3n) is 9.03. The zero-order valence-corrected chi connectivity index (χ0v) is 25.3. The fourth-order valence-electron chi connectivity index (χ4n) is 6.98. The quantitative estimate of drug-likeness (QED) is 0.146. The first-order valence-electron chi connectivity index (χ1n) is 15.3. The van der Waals surface area contributed by atoms with E-state index < -0.39 is 7.14 Å². The predicted octanol–water partition coefficient (Wildman–Crippen LogP) is 11.0. The molecular weight excluding hydrogens is 551 g/mol. The highest BCUT2D eigenvalue weighted by Gasteiger charge is 2.32. The molecule has 0 saturated heterocycles. The van der Waals surface area contributed by atoms with E-state index in [0.29, 0.717) is 0 Å².